The summed E-state index contributed by atoms with van der Waals surface area (Å²) in [5, 5.41) is 0.839. The van der Waals surface area contributed by atoms with E-state index < -0.39 is 0 Å². The second kappa shape index (κ2) is 4.44. The molecule has 5 heteroatoms. The SMILES string of the molecule is CC1=NCCN1C(=O)c1ccc(Cl)c(Cl)c1. The van der Waals surface area contributed by atoms with Gasteiger partial charge in [0.1, 0.15) is 5.84 Å². The maximum atomic E-state index is 12.1. The molecule has 1 amide bonds. The molecule has 84 valence electrons. The summed E-state index contributed by atoms with van der Waals surface area (Å²) in [5.41, 5.74) is 0.533. The Labute approximate surface area is 104 Å². The number of hydrogen-bond acceptors (Lipinski definition) is 2. The molecule has 0 atom stereocenters. The number of rotatable bonds is 1. The molecule has 2 rings (SSSR count). The summed E-state index contributed by atoms with van der Waals surface area (Å²) >= 11 is 11.7. The Morgan fingerprint density at radius 1 is 1.38 bits per heavy atom. The van der Waals surface area contributed by atoms with Gasteiger partial charge in [-0.15, -0.1) is 0 Å². The fraction of sp³-hybridized carbons (Fsp3) is 0.273. The summed E-state index contributed by atoms with van der Waals surface area (Å²) < 4.78 is 0. The maximum absolute atomic E-state index is 12.1. The number of amidine groups is 1. The van der Waals surface area contributed by atoms with Crippen molar-refractivity contribution >= 4 is 34.9 Å². The van der Waals surface area contributed by atoms with Gasteiger partial charge in [0.15, 0.2) is 0 Å². The summed E-state index contributed by atoms with van der Waals surface area (Å²) in [6, 6.07) is 4.87. The minimum Gasteiger partial charge on any atom is -0.295 e. The lowest BCUT2D eigenvalue weighted by Crippen LogP contribution is -2.32. The van der Waals surface area contributed by atoms with Crippen LogP contribution in [0.1, 0.15) is 17.3 Å². The van der Waals surface area contributed by atoms with Crippen molar-refractivity contribution in [1.82, 2.24) is 4.90 Å². The van der Waals surface area contributed by atoms with Crippen molar-refractivity contribution in [3.8, 4) is 0 Å². The van der Waals surface area contributed by atoms with Gasteiger partial charge in [0.25, 0.3) is 5.91 Å². The Morgan fingerprint density at radius 2 is 2.12 bits per heavy atom. The number of carbonyl (C=O) groups excluding carboxylic acids is 1. The first-order valence-electron chi connectivity index (χ1n) is 4.87. The topological polar surface area (TPSA) is 32.7 Å². The molecule has 0 aliphatic carbocycles. The van der Waals surface area contributed by atoms with E-state index in [4.69, 9.17) is 23.2 Å². The Hall–Kier alpha value is -1.06. The van der Waals surface area contributed by atoms with E-state index >= 15 is 0 Å². The average molecular weight is 257 g/mol. The van der Waals surface area contributed by atoms with Crippen LogP contribution in [0.25, 0.3) is 0 Å². The number of amides is 1. The fourth-order valence-electron chi connectivity index (χ4n) is 1.59. The molecule has 3 nitrogen and oxygen atoms in total. The molecule has 0 spiro atoms. The van der Waals surface area contributed by atoms with Gasteiger partial charge in [-0.25, -0.2) is 0 Å². The van der Waals surface area contributed by atoms with Crippen LogP contribution in [0, 0.1) is 0 Å². The van der Waals surface area contributed by atoms with Crippen molar-refractivity contribution in [2.24, 2.45) is 4.99 Å². The third kappa shape index (κ3) is 2.06. The van der Waals surface area contributed by atoms with Crippen molar-refractivity contribution in [3.05, 3.63) is 33.8 Å². The minimum absolute atomic E-state index is 0.0858. The van der Waals surface area contributed by atoms with Gasteiger partial charge in [-0.1, -0.05) is 23.2 Å². The van der Waals surface area contributed by atoms with Crippen LogP contribution < -0.4 is 0 Å². The third-order valence-electron chi connectivity index (χ3n) is 2.47. The normalized spacial score (nSPS) is 15.2. The number of carbonyl (C=O) groups is 1. The van der Waals surface area contributed by atoms with E-state index in [1.54, 1.807) is 23.1 Å². The monoisotopic (exact) mass is 256 g/mol. The van der Waals surface area contributed by atoms with Gasteiger partial charge >= 0.3 is 0 Å². The van der Waals surface area contributed by atoms with Crippen LogP contribution in [-0.4, -0.2) is 29.7 Å². The summed E-state index contributed by atoms with van der Waals surface area (Å²) in [7, 11) is 0. The van der Waals surface area contributed by atoms with Gasteiger partial charge in [-0.3, -0.25) is 14.7 Å². The second-order valence-corrected chi connectivity index (χ2v) is 4.33. The largest absolute Gasteiger partial charge is 0.295 e. The van der Waals surface area contributed by atoms with Crippen molar-refractivity contribution in [2.45, 2.75) is 6.92 Å². The molecule has 0 fully saturated rings. The first kappa shape index (κ1) is 11.4. The van der Waals surface area contributed by atoms with Gasteiger partial charge in [-0.2, -0.15) is 0 Å². The highest BCUT2D eigenvalue weighted by Gasteiger charge is 2.21. The van der Waals surface area contributed by atoms with Gasteiger partial charge in [0.05, 0.1) is 16.6 Å². The van der Waals surface area contributed by atoms with Crippen LogP contribution in [0.5, 0.6) is 0 Å². The Kier molecular flexibility index (Phi) is 3.17. The van der Waals surface area contributed by atoms with Crippen molar-refractivity contribution < 1.29 is 4.79 Å². The molecule has 0 unspecified atom stereocenters. The Balaban J connectivity index is 2.27. The van der Waals surface area contributed by atoms with Crippen LogP contribution in [0.15, 0.2) is 23.2 Å². The molecule has 1 heterocycles. The van der Waals surface area contributed by atoms with E-state index in [0.29, 0.717) is 28.7 Å². The second-order valence-electron chi connectivity index (χ2n) is 3.51. The average Bonchev–Trinajstić information content (AvgIpc) is 2.67. The first-order chi connectivity index (χ1) is 7.59. The maximum Gasteiger partial charge on any atom is 0.259 e. The number of benzene rings is 1. The Bertz CT molecular complexity index is 471. The lowest BCUT2D eigenvalue weighted by atomic mass is 10.2. The molecule has 1 aromatic rings. The van der Waals surface area contributed by atoms with E-state index in [2.05, 4.69) is 4.99 Å². The molecule has 0 N–H and O–H groups in total. The summed E-state index contributed by atoms with van der Waals surface area (Å²) in [5.74, 6) is 0.661. The molecule has 0 radical (unpaired) electrons. The molecular formula is C11H10Cl2N2O. The van der Waals surface area contributed by atoms with Gasteiger partial charge in [0.2, 0.25) is 0 Å². The number of halogens is 2. The fourth-order valence-corrected chi connectivity index (χ4v) is 1.89. The molecule has 0 saturated carbocycles. The van der Waals surface area contributed by atoms with E-state index in [1.165, 1.54) is 0 Å². The van der Waals surface area contributed by atoms with Gasteiger partial charge in [0, 0.05) is 12.1 Å². The third-order valence-corrected chi connectivity index (χ3v) is 3.21. The lowest BCUT2D eigenvalue weighted by molar-refractivity contribution is 0.0857. The zero-order chi connectivity index (χ0) is 11.7. The zero-order valence-corrected chi connectivity index (χ0v) is 10.2. The van der Waals surface area contributed by atoms with Crippen molar-refractivity contribution in [3.63, 3.8) is 0 Å². The molecule has 0 bridgehead atoms. The highest BCUT2D eigenvalue weighted by molar-refractivity contribution is 6.42. The van der Waals surface area contributed by atoms with Gasteiger partial charge in [-0.05, 0) is 25.1 Å². The number of hydrogen-bond donors (Lipinski definition) is 0. The molecule has 0 saturated heterocycles. The smallest absolute Gasteiger partial charge is 0.259 e. The van der Waals surface area contributed by atoms with Crippen LogP contribution in [0.4, 0.5) is 0 Å². The van der Waals surface area contributed by atoms with E-state index in [0.717, 1.165) is 5.84 Å². The summed E-state index contributed by atoms with van der Waals surface area (Å²) in [4.78, 5) is 17.9. The zero-order valence-electron chi connectivity index (χ0n) is 8.70. The molecule has 1 aliphatic rings. The molecule has 16 heavy (non-hydrogen) atoms. The van der Waals surface area contributed by atoms with E-state index in [9.17, 15) is 4.79 Å². The number of nitrogens with zero attached hydrogens (tertiary/aromatic N) is 2. The van der Waals surface area contributed by atoms with E-state index in [1.807, 2.05) is 6.92 Å². The van der Waals surface area contributed by atoms with E-state index in [-0.39, 0.29) is 5.91 Å². The van der Waals surface area contributed by atoms with Crippen LogP contribution in [0.3, 0.4) is 0 Å². The van der Waals surface area contributed by atoms with Crippen molar-refractivity contribution in [2.75, 3.05) is 13.1 Å². The highest BCUT2D eigenvalue weighted by atomic mass is 35.5. The van der Waals surface area contributed by atoms with Crippen LogP contribution >= 0.6 is 23.2 Å². The molecular weight excluding hydrogens is 247 g/mol. The van der Waals surface area contributed by atoms with Gasteiger partial charge < -0.3 is 0 Å². The predicted octanol–water partition coefficient (Wildman–Crippen LogP) is 2.87. The quantitative estimate of drug-likeness (QED) is 0.761. The van der Waals surface area contributed by atoms with Crippen LogP contribution in [-0.2, 0) is 0 Å². The highest BCUT2D eigenvalue weighted by Crippen LogP contribution is 2.23. The Morgan fingerprint density at radius 3 is 2.69 bits per heavy atom. The van der Waals surface area contributed by atoms with Crippen molar-refractivity contribution in [1.29, 1.82) is 0 Å². The standard InChI is InChI=1S/C11H10Cl2N2O/c1-7-14-4-5-15(7)11(16)8-2-3-9(12)10(13)6-8/h2-3,6H,4-5H2,1H3. The molecule has 0 aromatic heterocycles. The van der Waals surface area contributed by atoms with Crippen LogP contribution in [0.2, 0.25) is 10.0 Å². The molecule has 1 aliphatic heterocycles. The minimum atomic E-state index is -0.0858. The summed E-state index contributed by atoms with van der Waals surface area (Å²) in [6.45, 7) is 3.12. The summed E-state index contributed by atoms with van der Waals surface area (Å²) in [6.07, 6.45) is 0. The lowest BCUT2D eigenvalue weighted by Gasteiger charge is -2.16. The predicted molar refractivity (Wildman–Crippen MR) is 65.5 cm³/mol. The molecule has 1 aromatic carbocycles. The first-order valence-corrected chi connectivity index (χ1v) is 5.63. The number of aliphatic imine (C=N–C) groups is 1.